The Bertz CT molecular complexity index is 672. The first kappa shape index (κ1) is 17.9. The molecule has 1 N–H and O–H groups in total. The molecule has 0 aliphatic rings. The Morgan fingerprint density at radius 1 is 1.17 bits per heavy atom. The summed E-state index contributed by atoms with van der Waals surface area (Å²) in [5.74, 6) is 1.14. The third-order valence-electron chi connectivity index (χ3n) is 3.55. The minimum Gasteiger partial charge on any atom is -0.369 e. The van der Waals surface area contributed by atoms with Gasteiger partial charge in [-0.05, 0) is 40.1 Å². The van der Waals surface area contributed by atoms with Gasteiger partial charge < -0.3 is 15.1 Å². The highest BCUT2D eigenvalue weighted by molar-refractivity contribution is 6.05. The van der Waals surface area contributed by atoms with Crippen LogP contribution in [-0.2, 0) is 0 Å². The van der Waals surface area contributed by atoms with Gasteiger partial charge in [0, 0.05) is 31.4 Å². The molecule has 0 saturated heterocycles. The van der Waals surface area contributed by atoms with Crippen LogP contribution in [0.15, 0.2) is 36.4 Å². The minimum atomic E-state index is -0.121. The van der Waals surface area contributed by atoms with Crippen LogP contribution in [0, 0.1) is 6.92 Å². The van der Waals surface area contributed by atoms with Gasteiger partial charge in [0.1, 0.15) is 17.3 Å². The lowest BCUT2D eigenvalue weighted by Crippen LogP contribution is -2.31. The molecule has 2 rings (SSSR count). The Hall–Kier alpha value is -2.47. The summed E-state index contributed by atoms with van der Waals surface area (Å²) in [5.41, 5.74) is 1.27. The van der Waals surface area contributed by atoms with Crippen molar-refractivity contribution in [1.29, 1.82) is 0 Å². The van der Waals surface area contributed by atoms with Gasteiger partial charge >= 0.3 is 0 Å². The first-order chi connectivity index (χ1) is 11.5. The normalized spacial score (nSPS) is 10.7. The number of carbonyl (C=O) groups excluding carboxylic acids is 1. The summed E-state index contributed by atoms with van der Waals surface area (Å²) in [5, 5.41) is 3.25. The molecule has 0 bridgehead atoms. The van der Waals surface area contributed by atoms with E-state index in [1.165, 1.54) is 0 Å². The number of rotatable bonds is 7. The van der Waals surface area contributed by atoms with Gasteiger partial charge in [-0.25, -0.2) is 9.97 Å². The van der Waals surface area contributed by atoms with Gasteiger partial charge in [0.2, 0.25) is 0 Å². The highest BCUT2D eigenvalue weighted by Crippen LogP contribution is 2.17. The molecule has 0 aliphatic heterocycles. The third-order valence-corrected chi connectivity index (χ3v) is 3.55. The molecular weight excluding hydrogens is 302 g/mol. The standard InChI is InChI=1S/C18H25N5O/c1-5-23(15-9-7-6-8-10-15)18(24)16-13-17(21-14(2)20-16)19-11-12-22(3)4/h6-10,13H,5,11-12H2,1-4H3,(H,19,20,21). The summed E-state index contributed by atoms with van der Waals surface area (Å²) in [6.45, 7) is 5.97. The molecule has 6 heteroatoms. The molecule has 1 aromatic carbocycles. The second kappa shape index (κ2) is 8.40. The third kappa shape index (κ3) is 4.76. The molecule has 0 radical (unpaired) electrons. The van der Waals surface area contributed by atoms with Crippen molar-refractivity contribution in [2.24, 2.45) is 0 Å². The zero-order valence-corrected chi connectivity index (χ0v) is 14.8. The van der Waals surface area contributed by atoms with E-state index in [0.29, 0.717) is 23.9 Å². The van der Waals surface area contributed by atoms with E-state index in [0.717, 1.165) is 18.8 Å². The molecular formula is C18H25N5O. The second-order valence-electron chi connectivity index (χ2n) is 5.80. The number of benzene rings is 1. The molecule has 6 nitrogen and oxygen atoms in total. The van der Waals surface area contributed by atoms with Crippen LogP contribution in [0.25, 0.3) is 0 Å². The minimum absolute atomic E-state index is 0.121. The summed E-state index contributed by atoms with van der Waals surface area (Å²) in [4.78, 5) is 25.3. The van der Waals surface area contributed by atoms with Crippen LogP contribution in [0.1, 0.15) is 23.2 Å². The van der Waals surface area contributed by atoms with Crippen molar-refractivity contribution in [2.75, 3.05) is 43.9 Å². The second-order valence-corrected chi connectivity index (χ2v) is 5.80. The lowest BCUT2D eigenvalue weighted by atomic mass is 10.2. The summed E-state index contributed by atoms with van der Waals surface area (Å²) in [6, 6.07) is 11.3. The van der Waals surface area contributed by atoms with Crippen molar-refractivity contribution < 1.29 is 4.79 Å². The predicted octanol–water partition coefficient (Wildman–Crippen LogP) is 2.43. The summed E-state index contributed by atoms with van der Waals surface area (Å²) >= 11 is 0. The Morgan fingerprint density at radius 2 is 1.88 bits per heavy atom. The van der Waals surface area contributed by atoms with Gasteiger partial charge in [-0.15, -0.1) is 0 Å². The highest BCUT2D eigenvalue weighted by atomic mass is 16.2. The summed E-state index contributed by atoms with van der Waals surface area (Å²) < 4.78 is 0. The Labute approximate surface area is 143 Å². The maximum Gasteiger partial charge on any atom is 0.277 e. The smallest absolute Gasteiger partial charge is 0.277 e. The fourth-order valence-electron chi connectivity index (χ4n) is 2.37. The largest absolute Gasteiger partial charge is 0.369 e. The van der Waals surface area contributed by atoms with E-state index < -0.39 is 0 Å². The predicted molar refractivity (Wildman–Crippen MR) is 97.6 cm³/mol. The lowest BCUT2D eigenvalue weighted by molar-refractivity contribution is 0.0983. The Balaban J connectivity index is 2.20. The highest BCUT2D eigenvalue weighted by Gasteiger charge is 2.18. The van der Waals surface area contributed by atoms with Gasteiger partial charge in [-0.1, -0.05) is 18.2 Å². The molecule has 0 atom stereocenters. The van der Waals surface area contributed by atoms with Gasteiger partial charge in [0.15, 0.2) is 0 Å². The van der Waals surface area contributed by atoms with Crippen LogP contribution in [0.2, 0.25) is 0 Å². The van der Waals surface area contributed by atoms with Crippen molar-refractivity contribution in [1.82, 2.24) is 14.9 Å². The molecule has 0 fully saturated rings. The maximum absolute atomic E-state index is 12.9. The number of aryl methyl sites for hydroxylation is 1. The van der Waals surface area contributed by atoms with Gasteiger partial charge in [0.05, 0.1) is 0 Å². The average molecular weight is 327 g/mol. The number of nitrogens with one attached hydrogen (secondary N) is 1. The van der Waals surface area contributed by atoms with E-state index in [2.05, 4.69) is 20.2 Å². The van der Waals surface area contributed by atoms with Crippen LogP contribution >= 0.6 is 0 Å². The molecule has 0 saturated carbocycles. The number of hydrogen-bond acceptors (Lipinski definition) is 5. The maximum atomic E-state index is 12.9. The summed E-state index contributed by atoms with van der Waals surface area (Å²) in [7, 11) is 4.03. The Kier molecular flexibility index (Phi) is 6.26. The fraction of sp³-hybridized carbons (Fsp3) is 0.389. The van der Waals surface area contributed by atoms with Crippen molar-refractivity contribution in [3.05, 3.63) is 47.9 Å². The molecule has 1 heterocycles. The van der Waals surface area contributed by atoms with Crippen molar-refractivity contribution in [3.63, 3.8) is 0 Å². The topological polar surface area (TPSA) is 61.4 Å². The van der Waals surface area contributed by atoms with Crippen LogP contribution in [0.4, 0.5) is 11.5 Å². The number of hydrogen-bond donors (Lipinski definition) is 1. The molecule has 0 spiro atoms. The van der Waals surface area contributed by atoms with Gasteiger partial charge in [0.25, 0.3) is 5.91 Å². The molecule has 1 amide bonds. The van der Waals surface area contributed by atoms with Crippen LogP contribution in [0.3, 0.4) is 0 Å². The van der Waals surface area contributed by atoms with E-state index >= 15 is 0 Å². The van der Waals surface area contributed by atoms with Crippen LogP contribution in [0.5, 0.6) is 0 Å². The number of amides is 1. The summed E-state index contributed by atoms with van der Waals surface area (Å²) in [6.07, 6.45) is 0. The number of para-hydroxylation sites is 1. The van der Waals surface area contributed by atoms with Crippen LogP contribution < -0.4 is 10.2 Å². The first-order valence-corrected chi connectivity index (χ1v) is 8.12. The number of likely N-dealkylation sites (N-methyl/N-ethyl adjacent to an activating group) is 1. The van der Waals surface area contributed by atoms with Gasteiger partial charge in [-0.3, -0.25) is 4.79 Å². The zero-order chi connectivity index (χ0) is 17.5. The number of nitrogens with zero attached hydrogens (tertiary/aromatic N) is 4. The first-order valence-electron chi connectivity index (χ1n) is 8.12. The molecule has 0 unspecified atom stereocenters. The van der Waals surface area contributed by atoms with Crippen molar-refractivity contribution >= 4 is 17.4 Å². The van der Waals surface area contributed by atoms with E-state index in [1.54, 1.807) is 17.9 Å². The zero-order valence-electron chi connectivity index (χ0n) is 14.8. The molecule has 2 aromatic rings. The number of anilines is 2. The lowest BCUT2D eigenvalue weighted by Gasteiger charge is -2.21. The number of aromatic nitrogens is 2. The van der Waals surface area contributed by atoms with Gasteiger partial charge in [-0.2, -0.15) is 0 Å². The monoisotopic (exact) mass is 327 g/mol. The van der Waals surface area contributed by atoms with E-state index in [4.69, 9.17) is 0 Å². The SMILES string of the molecule is CCN(C(=O)c1cc(NCCN(C)C)nc(C)n1)c1ccccc1. The van der Waals surface area contributed by atoms with Crippen LogP contribution in [-0.4, -0.2) is 54.5 Å². The van der Waals surface area contributed by atoms with Crippen molar-refractivity contribution in [2.45, 2.75) is 13.8 Å². The average Bonchev–Trinajstić information content (AvgIpc) is 2.55. The quantitative estimate of drug-likeness (QED) is 0.846. The molecule has 0 aliphatic carbocycles. The molecule has 128 valence electrons. The van der Waals surface area contributed by atoms with Crippen molar-refractivity contribution in [3.8, 4) is 0 Å². The molecule has 1 aromatic heterocycles. The van der Waals surface area contributed by atoms with E-state index in [1.807, 2.05) is 51.4 Å². The molecule has 24 heavy (non-hydrogen) atoms. The Morgan fingerprint density at radius 3 is 2.50 bits per heavy atom. The van der Waals surface area contributed by atoms with E-state index in [-0.39, 0.29) is 5.91 Å². The fourth-order valence-corrected chi connectivity index (χ4v) is 2.37. The van der Waals surface area contributed by atoms with E-state index in [9.17, 15) is 4.79 Å². The number of carbonyl (C=O) groups is 1.